The summed E-state index contributed by atoms with van der Waals surface area (Å²) in [6.07, 6.45) is 1.74. The normalized spacial score (nSPS) is 12.5. The molecule has 0 aliphatic rings. The molecule has 0 spiro atoms. The predicted octanol–water partition coefficient (Wildman–Crippen LogP) is 4.81. The summed E-state index contributed by atoms with van der Waals surface area (Å²) in [5.74, 6) is 0.484. The van der Waals surface area contributed by atoms with Crippen LogP contribution in [-0.4, -0.2) is 11.2 Å². The number of hydrogen-bond donors (Lipinski definition) is 1. The van der Waals surface area contributed by atoms with Crippen molar-refractivity contribution in [1.29, 1.82) is 0 Å². The van der Waals surface area contributed by atoms with Crippen LogP contribution in [0.5, 0.6) is 0 Å². The number of hydrogen-bond acceptors (Lipinski definition) is 2. The molecule has 1 aromatic rings. The molecule has 0 aliphatic heterocycles. The van der Waals surface area contributed by atoms with Crippen molar-refractivity contribution in [3.05, 3.63) is 24.3 Å². The van der Waals surface area contributed by atoms with Crippen LogP contribution in [-0.2, 0) is 4.79 Å². The summed E-state index contributed by atoms with van der Waals surface area (Å²) >= 11 is 1.87. The van der Waals surface area contributed by atoms with E-state index in [1.807, 2.05) is 37.7 Å². The lowest BCUT2D eigenvalue weighted by molar-refractivity contribution is -0.116. The van der Waals surface area contributed by atoms with Crippen LogP contribution in [0.2, 0.25) is 0 Å². The van der Waals surface area contributed by atoms with Gasteiger partial charge >= 0.3 is 0 Å². The van der Waals surface area contributed by atoms with Crippen molar-refractivity contribution in [2.75, 3.05) is 5.32 Å². The van der Waals surface area contributed by atoms with Gasteiger partial charge in [-0.2, -0.15) is 0 Å². The zero-order valence-corrected chi connectivity index (χ0v) is 12.5. The third-order valence-electron chi connectivity index (χ3n) is 2.64. The van der Waals surface area contributed by atoms with Crippen molar-refractivity contribution in [3.8, 4) is 0 Å². The van der Waals surface area contributed by atoms with Gasteiger partial charge in [-0.25, -0.2) is 0 Å². The van der Waals surface area contributed by atoms with E-state index in [9.17, 15) is 4.79 Å². The largest absolute Gasteiger partial charge is 0.326 e. The lowest BCUT2D eigenvalue weighted by atomic mass is 10.1. The van der Waals surface area contributed by atoms with E-state index in [2.05, 4.69) is 31.3 Å². The molecule has 1 unspecified atom stereocenters. The Bertz CT molecular complexity index is 378. The zero-order chi connectivity index (χ0) is 13.5. The standard InChI is InChI=1S/C15H23NOS.H2/c1-5-12(4)18-14-8-6-13(7-9-14)16-15(17)10-11(2)3;/h6-9,11-12H,5,10H2,1-4H3,(H,16,17);1H. The predicted molar refractivity (Wildman–Crippen MR) is 82.3 cm³/mol. The first kappa shape index (κ1) is 15.1. The Morgan fingerprint density at radius 2 is 1.89 bits per heavy atom. The van der Waals surface area contributed by atoms with Crippen LogP contribution in [0.4, 0.5) is 5.69 Å². The summed E-state index contributed by atoms with van der Waals surface area (Å²) in [6.45, 7) is 8.51. The first-order valence-electron chi connectivity index (χ1n) is 6.57. The van der Waals surface area contributed by atoms with Gasteiger partial charge in [0.15, 0.2) is 0 Å². The van der Waals surface area contributed by atoms with Gasteiger partial charge in [-0.3, -0.25) is 4.79 Å². The highest BCUT2D eigenvalue weighted by Crippen LogP contribution is 2.26. The maximum atomic E-state index is 11.6. The van der Waals surface area contributed by atoms with E-state index in [0.717, 1.165) is 12.1 Å². The molecule has 0 saturated carbocycles. The van der Waals surface area contributed by atoms with Crippen LogP contribution < -0.4 is 5.32 Å². The second-order valence-electron chi connectivity index (χ2n) is 5.01. The van der Waals surface area contributed by atoms with E-state index < -0.39 is 0 Å². The molecule has 3 heteroatoms. The van der Waals surface area contributed by atoms with E-state index in [4.69, 9.17) is 0 Å². The average molecular weight is 267 g/mol. The highest BCUT2D eigenvalue weighted by molar-refractivity contribution is 7.99. The number of benzene rings is 1. The third kappa shape index (κ3) is 5.58. The molecular formula is C15H25NOS. The van der Waals surface area contributed by atoms with Crippen molar-refractivity contribution < 1.29 is 6.22 Å². The minimum atomic E-state index is 0. The number of carbonyl (C=O) groups excluding carboxylic acids is 1. The van der Waals surface area contributed by atoms with Gasteiger partial charge in [-0.05, 0) is 36.6 Å². The molecule has 0 radical (unpaired) electrons. The summed E-state index contributed by atoms with van der Waals surface area (Å²) in [5.41, 5.74) is 0.883. The quantitative estimate of drug-likeness (QED) is 0.750. The molecule has 0 fully saturated rings. The molecule has 0 aliphatic carbocycles. The lowest BCUT2D eigenvalue weighted by Gasteiger charge is -2.10. The maximum absolute atomic E-state index is 11.6. The molecule has 1 aromatic carbocycles. The molecule has 102 valence electrons. The van der Waals surface area contributed by atoms with Gasteiger partial charge < -0.3 is 5.32 Å². The fraction of sp³-hybridized carbons (Fsp3) is 0.533. The molecule has 0 heterocycles. The van der Waals surface area contributed by atoms with Crippen LogP contribution in [0.15, 0.2) is 29.2 Å². The lowest BCUT2D eigenvalue weighted by Crippen LogP contribution is -2.13. The molecule has 2 nitrogen and oxygen atoms in total. The Morgan fingerprint density at radius 1 is 1.28 bits per heavy atom. The first-order valence-corrected chi connectivity index (χ1v) is 7.45. The van der Waals surface area contributed by atoms with Crippen LogP contribution in [0.25, 0.3) is 0 Å². The number of carbonyl (C=O) groups is 1. The molecule has 0 bridgehead atoms. The second-order valence-corrected chi connectivity index (χ2v) is 6.52. The maximum Gasteiger partial charge on any atom is 0.224 e. The zero-order valence-electron chi connectivity index (χ0n) is 11.7. The Balaban J connectivity index is 0.00000324. The average Bonchev–Trinajstić information content (AvgIpc) is 2.30. The van der Waals surface area contributed by atoms with Gasteiger partial charge in [0.05, 0.1) is 0 Å². The number of amides is 1. The molecule has 1 amide bonds. The smallest absolute Gasteiger partial charge is 0.224 e. The molecular weight excluding hydrogens is 242 g/mol. The highest BCUT2D eigenvalue weighted by Gasteiger charge is 2.06. The Hall–Kier alpha value is -0.960. The first-order chi connectivity index (χ1) is 8.51. The summed E-state index contributed by atoms with van der Waals surface area (Å²) in [6, 6.07) is 8.09. The fourth-order valence-electron chi connectivity index (χ4n) is 1.52. The monoisotopic (exact) mass is 267 g/mol. The number of anilines is 1. The summed E-state index contributed by atoms with van der Waals surface area (Å²) in [7, 11) is 0. The third-order valence-corrected chi connectivity index (χ3v) is 3.92. The van der Waals surface area contributed by atoms with Crippen molar-refractivity contribution in [3.63, 3.8) is 0 Å². The van der Waals surface area contributed by atoms with Gasteiger partial charge in [-0.15, -0.1) is 11.8 Å². The van der Waals surface area contributed by atoms with E-state index in [1.54, 1.807) is 0 Å². The number of nitrogens with one attached hydrogen (secondary N) is 1. The van der Waals surface area contributed by atoms with Crippen LogP contribution in [0.3, 0.4) is 0 Å². The molecule has 1 rings (SSSR count). The van der Waals surface area contributed by atoms with Crippen molar-refractivity contribution in [2.45, 2.75) is 50.7 Å². The molecule has 1 atom stereocenters. The summed E-state index contributed by atoms with van der Waals surface area (Å²) in [4.78, 5) is 12.9. The van der Waals surface area contributed by atoms with Crippen LogP contribution in [0, 0.1) is 5.92 Å². The van der Waals surface area contributed by atoms with E-state index >= 15 is 0 Å². The minimum Gasteiger partial charge on any atom is -0.326 e. The van der Waals surface area contributed by atoms with Gasteiger partial charge in [0.25, 0.3) is 0 Å². The van der Waals surface area contributed by atoms with Gasteiger partial charge in [-0.1, -0.05) is 27.7 Å². The minimum absolute atomic E-state index is 0. The van der Waals surface area contributed by atoms with Gasteiger partial charge in [0.1, 0.15) is 0 Å². The molecule has 0 saturated heterocycles. The Labute approximate surface area is 116 Å². The summed E-state index contributed by atoms with van der Waals surface area (Å²) < 4.78 is 0. The SMILES string of the molecule is CCC(C)Sc1ccc(NC(=O)CC(C)C)cc1.[HH]. The molecule has 18 heavy (non-hydrogen) atoms. The van der Waals surface area contributed by atoms with Crippen molar-refractivity contribution >= 4 is 23.4 Å². The van der Waals surface area contributed by atoms with Crippen LogP contribution in [0.1, 0.15) is 42.0 Å². The van der Waals surface area contributed by atoms with E-state index in [0.29, 0.717) is 17.6 Å². The Kier molecular flexibility index (Phi) is 6.27. The molecule has 0 aromatic heterocycles. The highest BCUT2D eigenvalue weighted by atomic mass is 32.2. The second kappa shape index (κ2) is 7.47. The van der Waals surface area contributed by atoms with Crippen molar-refractivity contribution in [1.82, 2.24) is 0 Å². The number of rotatable bonds is 6. The topological polar surface area (TPSA) is 29.1 Å². The Morgan fingerprint density at radius 3 is 2.39 bits per heavy atom. The number of thioether (sulfide) groups is 1. The van der Waals surface area contributed by atoms with Crippen LogP contribution >= 0.6 is 11.8 Å². The van der Waals surface area contributed by atoms with Gasteiger partial charge in [0, 0.05) is 23.7 Å². The van der Waals surface area contributed by atoms with E-state index in [-0.39, 0.29) is 7.33 Å². The van der Waals surface area contributed by atoms with E-state index in [1.165, 1.54) is 4.90 Å². The molecule has 1 N–H and O–H groups in total. The summed E-state index contributed by atoms with van der Waals surface area (Å²) in [5, 5.41) is 3.55. The van der Waals surface area contributed by atoms with Crippen molar-refractivity contribution in [2.24, 2.45) is 5.92 Å². The van der Waals surface area contributed by atoms with Gasteiger partial charge in [0.2, 0.25) is 5.91 Å². The fourth-order valence-corrected chi connectivity index (χ4v) is 2.44.